The van der Waals surface area contributed by atoms with Crippen LogP contribution < -0.4 is 0 Å². The summed E-state index contributed by atoms with van der Waals surface area (Å²) in [6, 6.07) is 17.5. The first-order chi connectivity index (χ1) is 16.0. The van der Waals surface area contributed by atoms with Crippen LogP contribution in [0.1, 0.15) is 71.6 Å². The summed E-state index contributed by atoms with van der Waals surface area (Å²) in [4.78, 5) is 29.0. The van der Waals surface area contributed by atoms with Gasteiger partial charge < -0.3 is 0 Å². The Kier molecular flexibility index (Phi) is 6.60. The molecule has 0 saturated carbocycles. The van der Waals surface area contributed by atoms with Crippen LogP contribution in [0.2, 0.25) is 0 Å². The lowest BCUT2D eigenvalue weighted by atomic mass is 9.73. The van der Waals surface area contributed by atoms with Gasteiger partial charge in [-0.3, -0.25) is 14.6 Å². The van der Waals surface area contributed by atoms with Crippen molar-refractivity contribution in [2.45, 2.75) is 45.4 Å². The molecule has 0 spiro atoms. The Balaban J connectivity index is 0.000000275. The highest BCUT2D eigenvalue weighted by atomic mass is 16.1. The number of ketones is 2. The number of unbranched alkanes of at least 4 members (excludes halogenated alkanes) is 1. The van der Waals surface area contributed by atoms with Gasteiger partial charge in [-0.1, -0.05) is 56.2 Å². The van der Waals surface area contributed by atoms with Crippen LogP contribution in [0.25, 0.3) is 16.7 Å². The summed E-state index contributed by atoms with van der Waals surface area (Å²) >= 11 is 0. The molecule has 0 aliphatic heterocycles. The van der Waals surface area contributed by atoms with Gasteiger partial charge in [-0.05, 0) is 64.9 Å². The highest BCUT2D eigenvalue weighted by molar-refractivity contribution is 6.10. The first-order valence-electron chi connectivity index (χ1n) is 11.4. The van der Waals surface area contributed by atoms with Crippen molar-refractivity contribution in [1.82, 2.24) is 4.98 Å². The number of Topliss-reactive ketones (excluding diaryl/α,β-unsaturated/α-hetero) is 1. The number of carbonyl (C=O) groups is 2. The Hall–Kier alpha value is -3.84. The third-order valence-corrected chi connectivity index (χ3v) is 6.31. The predicted molar refractivity (Wildman–Crippen MR) is 130 cm³/mol. The molecule has 1 atom stereocenters. The molecular weight excluding hydrogens is 408 g/mol. The third-order valence-electron chi connectivity index (χ3n) is 6.31. The van der Waals surface area contributed by atoms with Gasteiger partial charge in [-0.25, -0.2) is 0 Å². The van der Waals surface area contributed by atoms with E-state index in [1.807, 2.05) is 37.3 Å². The van der Waals surface area contributed by atoms with Gasteiger partial charge in [0.15, 0.2) is 11.6 Å². The summed E-state index contributed by atoms with van der Waals surface area (Å²) in [5, 5.41) is 8.25. The summed E-state index contributed by atoms with van der Waals surface area (Å²) in [6.45, 7) is 4.15. The topological polar surface area (TPSA) is 70.8 Å². The number of hydrogen-bond donors (Lipinski definition) is 0. The lowest BCUT2D eigenvalue weighted by molar-refractivity contribution is -0.116. The minimum atomic E-state index is -0.0591. The maximum atomic E-state index is 12.7. The molecule has 2 aliphatic carbocycles. The quantitative estimate of drug-likeness (QED) is 0.485. The summed E-state index contributed by atoms with van der Waals surface area (Å²) < 4.78 is 0. The van der Waals surface area contributed by atoms with Gasteiger partial charge in [0.1, 0.15) is 6.07 Å². The molecule has 2 aromatic carbocycles. The second-order valence-electron chi connectivity index (χ2n) is 8.48. The van der Waals surface area contributed by atoms with E-state index in [0.717, 1.165) is 58.2 Å². The normalized spacial score (nSPS) is 15.8. The monoisotopic (exact) mass is 434 g/mol. The molecule has 2 aliphatic rings. The van der Waals surface area contributed by atoms with Gasteiger partial charge in [0.25, 0.3) is 0 Å². The molecule has 5 rings (SSSR count). The highest BCUT2D eigenvalue weighted by Crippen LogP contribution is 2.43. The molecule has 0 N–H and O–H groups in total. The Morgan fingerprint density at radius 3 is 2.48 bits per heavy atom. The molecule has 0 amide bonds. The second kappa shape index (κ2) is 9.75. The number of nitrogens with zero attached hydrogens (tertiary/aromatic N) is 2. The number of rotatable bonds is 3. The van der Waals surface area contributed by atoms with Crippen molar-refractivity contribution in [2.75, 3.05) is 0 Å². The van der Waals surface area contributed by atoms with Crippen LogP contribution >= 0.6 is 0 Å². The molecular formula is C29H26N2O2. The van der Waals surface area contributed by atoms with Crippen LogP contribution in [0.3, 0.4) is 0 Å². The van der Waals surface area contributed by atoms with Gasteiger partial charge in [0.05, 0.1) is 5.56 Å². The molecule has 0 fully saturated rings. The van der Waals surface area contributed by atoms with E-state index in [0.29, 0.717) is 12.0 Å². The molecule has 0 bridgehead atoms. The lowest BCUT2D eigenvalue weighted by Crippen LogP contribution is -2.21. The van der Waals surface area contributed by atoms with E-state index in [-0.39, 0.29) is 17.5 Å². The van der Waals surface area contributed by atoms with Crippen molar-refractivity contribution in [1.29, 1.82) is 5.26 Å². The molecule has 4 nitrogen and oxygen atoms in total. The highest BCUT2D eigenvalue weighted by Gasteiger charge is 2.32. The average Bonchev–Trinajstić information content (AvgIpc) is 2.84. The van der Waals surface area contributed by atoms with Gasteiger partial charge in [-0.15, -0.1) is 0 Å². The smallest absolute Gasteiger partial charge is 0.167 e. The Morgan fingerprint density at radius 2 is 1.82 bits per heavy atom. The maximum absolute atomic E-state index is 12.7. The minimum absolute atomic E-state index is 0.0591. The molecule has 3 aromatic rings. The largest absolute Gasteiger partial charge is 0.294 e. The molecule has 164 valence electrons. The number of fused-ring (bicyclic) bond motifs is 5. The van der Waals surface area contributed by atoms with Crippen LogP contribution in [0.15, 0.2) is 67.0 Å². The van der Waals surface area contributed by atoms with Crippen molar-refractivity contribution in [3.63, 3.8) is 0 Å². The molecule has 1 aromatic heterocycles. The summed E-state index contributed by atoms with van der Waals surface area (Å²) in [5.41, 5.74) is 7.93. The molecule has 0 saturated heterocycles. The predicted octanol–water partition coefficient (Wildman–Crippen LogP) is 6.31. The van der Waals surface area contributed by atoms with E-state index in [1.165, 1.54) is 6.20 Å². The number of carbonyl (C=O) groups excluding carboxylic acids is 2. The second-order valence-corrected chi connectivity index (χ2v) is 8.48. The summed E-state index contributed by atoms with van der Waals surface area (Å²) in [7, 11) is 0. The van der Waals surface area contributed by atoms with E-state index in [2.05, 4.69) is 24.0 Å². The van der Waals surface area contributed by atoms with Gasteiger partial charge in [0.2, 0.25) is 0 Å². The van der Waals surface area contributed by atoms with Gasteiger partial charge >= 0.3 is 0 Å². The minimum Gasteiger partial charge on any atom is -0.294 e. The van der Waals surface area contributed by atoms with Crippen molar-refractivity contribution in [2.24, 2.45) is 0 Å². The lowest BCUT2D eigenvalue weighted by Gasteiger charge is -2.29. The third kappa shape index (κ3) is 4.40. The van der Waals surface area contributed by atoms with Crippen LogP contribution in [0.5, 0.6) is 0 Å². The summed E-state index contributed by atoms with van der Waals surface area (Å²) in [6.07, 6.45) is 8.39. The molecule has 33 heavy (non-hydrogen) atoms. The zero-order valence-electron chi connectivity index (χ0n) is 19.0. The average molecular weight is 435 g/mol. The number of aromatic nitrogens is 1. The van der Waals surface area contributed by atoms with Crippen molar-refractivity contribution < 1.29 is 9.59 Å². The van der Waals surface area contributed by atoms with E-state index < -0.39 is 0 Å². The van der Waals surface area contributed by atoms with Crippen molar-refractivity contribution in [3.05, 3.63) is 94.8 Å². The van der Waals surface area contributed by atoms with Gasteiger partial charge in [0, 0.05) is 30.3 Å². The van der Waals surface area contributed by atoms with Crippen LogP contribution in [-0.2, 0) is 11.2 Å². The fraction of sp³-hybridized carbons (Fsp3) is 0.241. The van der Waals surface area contributed by atoms with E-state index in [9.17, 15) is 9.59 Å². The first kappa shape index (κ1) is 22.4. The van der Waals surface area contributed by atoms with Crippen LogP contribution in [-0.4, -0.2) is 16.6 Å². The number of hydrogen-bond acceptors (Lipinski definition) is 4. The Bertz CT molecular complexity index is 1280. The molecule has 4 heteroatoms. The Labute approximate surface area is 194 Å². The van der Waals surface area contributed by atoms with Gasteiger partial charge in [-0.2, -0.15) is 5.26 Å². The van der Waals surface area contributed by atoms with E-state index in [4.69, 9.17) is 5.26 Å². The molecule has 0 radical (unpaired) electrons. The Morgan fingerprint density at radius 1 is 1.03 bits per heavy atom. The van der Waals surface area contributed by atoms with Crippen molar-refractivity contribution in [3.8, 4) is 17.2 Å². The molecule has 1 heterocycles. The maximum Gasteiger partial charge on any atom is 0.167 e. The van der Waals surface area contributed by atoms with E-state index >= 15 is 0 Å². The first-order valence-corrected chi connectivity index (χ1v) is 11.4. The standard InChI is InChI=1S/C23H22O2.C6H4N2/c1-3-4-7-18-19-11-10-16-15-8-5-6-9-17(15)22(25)13-20(16)23(19)14(2)12-21(18)24;7-4-6-2-1-3-8-5-6/h5-6,8-12,18H,3-4,7,13H2,1-2H3;1-3,5H. The fourth-order valence-electron chi connectivity index (χ4n) is 4.75. The zero-order chi connectivity index (χ0) is 23.4. The SMILES string of the molecule is CCCCC1C(=O)C=C(C)c2c1ccc1c2CC(=O)c2ccccc2-1.N#Cc1cccnc1. The summed E-state index contributed by atoms with van der Waals surface area (Å²) in [5.74, 6) is 0.323. The molecule has 1 unspecified atom stereocenters. The zero-order valence-corrected chi connectivity index (χ0v) is 19.0. The fourth-order valence-corrected chi connectivity index (χ4v) is 4.75. The number of pyridine rings is 1. The van der Waals surface area contributed by atoms with Crippen LogP contribution in [0.4, 0.5) is 0 Å². The number of benzene rings is 2. The van der Waals surface area contributed by atoms with Crippen LogP contribution in [0, 0.1) is 11.3 Å². The van der Waals surface area contributed by atoms with E-state index in [1.54, 1.807) is 24.4 Å². The number of nitriles is 1. The van der Waals surface area contributed by atoms with Crippen molar-refractivity contribution >= 4 is 17.1 Å². The number of allylic oxidation sites excluding steroid dienone is 2.